The standard InChI is InChI=1S/C24H25FN4O2/c1-31-21-10-4-17(5-11-21)15-26-24(30)19-3-2-14-29(16-19)23-13-12-22(27-28-23)18-6-8-20(25)9-7-18/h4-13,19H,2-3,14-16H2,1H3,(H,26,30). The number of benzene rings is 2. The van der Waals surface area contributed by atoms with E-state index in [4.69, 9.17) is 4.74 Å². The maximum Gasteiger partial charge on any atom is 0.225 e. The molecule has 2 aromatic carbocycles. The van der Waals surface area contributed by atoms with E-state index in [1.54, 1.807) is 19.2 Å². The third-order valence-electron chi connectivity index (χ3n) is 5.53. The zero-order valence-corrected chi connectivity index (χ0v) is 17.4. The Morgan fingerprint density at radius 2 is 1.87 bits per heavy atom. The van der Waals surface area contributed by atoms with Crippen molar-refractivity contribution in [2.24, 2.45) is 5.92 Å². The molecule has 31 heavy (non-hydrogen) atoms. The minimum absolute atomic E-state index is 0.0522. The molecule has 0 bridgehead atoms. The molecule has 0 radical (unpaired) electrons. The Morgan fingerprint density at radius 1 is 1.10 bits per heavy atom. The number of methoxy groups -OCH3 is 1. The minimum atomic E-state index is -0.280. The summed E-state index contributed by atoms with van der Waals surface area (Å²) in [6.07, 6.45) is 1.77. The summed E-state index contributed by atoms with van der Waals surface area (Å²) >= 11 is 0. The zero-order chi connectivity index (χ0) is 21.6. The minimum Gasteiger partial charge on any atom is -0.497 e. The fourth-order valence-electron chi connectivity index (χ4n) is 3.74. The number of hydrogen-bond donors (Lipinski definition) is 1. The van der Waals surface area contributed by atoms with Crippen LogP contribution in [-0.4, -0.2) is 36.3 Å². The summed E-state index contributed by atoms with van der Waals surface area (Å²) in [7, 11) is 1.63. The summed E-state index contributed by atoms with van der Waals surface area (Å²) < 4.78 is 18.3. The van der Waals surface area contributed by atoms with Crippen molar-refractivity contribution in [2.75, 3.05) is 25.1 Å². The summed E-state index contributed by atoms with van der Waals surface area (Å²) in [5.74, 6) is 1.23. The van der Waals surface area contributed by atoms with Crippen LogP contribution in [0.25, 0.3) is 11.3 Å². The van der Waals surface area contributed by atoms with Crippen molar-refractivity contribution >= 4 is 11.7 Å². The van der Waals surface area contributed by atoms with Crippen LogP contribution in [0.3, 0.4) is 0 Å². The molecule has 160 valence electrons. The summed E-state index contributed by atoms with van der Waals surface area (Å²) in [5, 5.41) is 11.7. The number of carbonyl (C=O) groups is 1. The highest BCUT2D eigenvalue weighted by atomic mass is 19.1. The number of piperidine rings is 1. The van der Waals surface area contributed by atoms with Crippen LogP contribution in [0.5, 0.6) is 5.75 Å². The highest BCUT2D eigenvalue weighted by Crippen LogP contribution is 2.24. The Kier molecular flexibility index (Phi) is 6.40. The van der Waals surface area contributed by atoms with Gasteiger partial charge in [-0.15, -0.1) is 10.2 Å². The number of carbonyl (C=O) groups excluding carboxylic acids is 1. The summed E-state index contributed by atoms with van der Waals surface area (Å²) in [6.45, 7) is 1.94. The summed E-state index contributed by atoms with van der Waals surface area (Å²) in [6, 6.07) is 17.6. The first-order valence-corrected chi connectivity index (χ1v) is 10.4. The van der Waals surface area contributed by atoms with Gasteiger partial charge in [0.05, 0.1) is 18.7 Å². The van der Waals surface area contributed by atoms with Gasteiger partial charge in [0.1, 0.15) is 11.6 Å². The van der Waals surface area contributed by atoms with Crippen molar-refractivity contribution in [3.05, 3.63) is 72.0 Å². The van der Waals surface area contributed by atoms with Gasteiger partial charge in [-0.3, -0.25) is 4.79 Å². The van der Waals surface area contributed by atoms with Crippen molar-refractivity contribution in [2.45, 2.75) is 19.4 Å². The van der Waals surface area contributed by atoms with Gasteiger partial charge in [0.2, 0.25) is 5.91 Å². The van der Waals surface area contributed by atoms with Gasteiger partial charge >= 0.3 is 0 Å². The molecule has 0 aliphatic carbocycles. The first-order valence-electron chi connectivity index (χ1n) is 10.4. The lowest BCUT2D eigenvalue weighted by Crippen LogP contribution is -2.43. The normalized spacial score (nSPS) is 16.1. The van der Waals surface area contributed by atoms with E-state index in [9.17, 15) is 9.18 Å². The predicted octanol–water partition coefficient (Wildman–Crippen LogP) is 3.82. The van der Waals surface area contributed by atoms with Crippen molar-refractivity contribution in [1.29, 1.82) is 0 Å². The lowest BCUT2D eigenvalue weighted by molar-refractivity contribution is -0.125. The van der Waals surface area contributed by atoms with Crippen molar-refractivity contribution < 1.29 is 13.9 Å². The summed E-state index contributed by atoms with van der Waals surface area (Å²) in [5.41, 5.74) is 2.54. The second-order valence-electron chi connectivity index (χ2n) is 7.63. The highest BCUT2D eigenvalue weighted by Gasteiger charge is 2.26. The number of aromatic nitrogens is 2. The van der Waals surface area contributed by atoms with E-state index in [0.29, 0.717) is 18.8 Å². The van der Waals surface area contributed by atoms with Crippen LogP contribution in [0.15, 0.2) is 60.7 Å². The second-order valence-corrected chi connectivity index (χ2v) is 7.63. The topological polar surface area (TPSA) is 67.3 Å². The second kappa shape index (κ2) is 9.55. The van der Waals surface area contributed by atoms with E-state index in [2.05, 4.69) is 20.4 Å². The van der Waals surface area contributed by atoms with Gasteiger partial charge in [-0.1, -0.05) is 12.1 Å². The number of amides is 1. The first-order chi connectivity index (χ1) is 15.1. The molecule has 1 N–H and O–H groups in total. The van der Waals surface area contributed by atoms with Gasteiger partial charge in [0, 0.05) is 25.2 Å². The van der Waals surface area contributed by atoms with Gasteiger partial charge in [-0.2, -0.15) is 0 Å². The van der Waals surface area contributed by atoms with Crippen LogP contribution in [0.2, 0.25) is 0 Å². The Labute approximate surface area is 181 Å². The maximum absolute atomic E-state index is 13.1. The number of rotatable bonds is 6. The Morgan fingerprint density at radius 3 is 2.55 bits per heavy atom. The molecule has 1 aliphatic heterocycles. The quantitative estimate of drug-likeness (QED) is 0.657. The molecule has 6 nitrogen and oxygen atoms in total. The molecule has 3 aromatic rings. The SMILES string of the molecule is COc1ccc(CNC(=O)C2CCCN(c3ccc(-c4ccc(F)cc4)nn3)C2)cc1. The van der Waals surface area contributed by atoms with Gasteiger partial charge in [-0.05, 0) is 66.9 Å². The average Bonchev–Trinajstić information content (AvgIpc) is 2.83. The Hall–Kier alpha value is -3.48. The Bertz CT molecular complexity index is 1010. The van der Waals surface area contributed by atoms with E-state index >= 15 is 0 Å². The highest BCUT2D eigenvalue weighted by molar-refractivity contribution is 5.79. The van der Waals surface area contributed by atoms with Crippen LogP contribution in [-0.2, 0) is 11.3 Å². The average molecular weight is 420 g/mol. The van der Waals surface area contributed by atoms with Gasteiger partial charge < -0.3 is 15.0 Å². The van der Waals surface area contributed by atoms with E-state index in [1.807, 2.05) is 36.4 Å². The lowest BCUT2D eigenvalue weighted by atomic mass is 9.97. The predicted molar refractivity (Wildman–Crippen MR) is 117 cm³/mol. The summed E-state index contributed by atoms with van der Waals surface area (Å²) in [4.78, 5) is 14.8. The largest absolute Gasteiger partial charge is 0.497 e. The van der Waals surface area contributed by atoms with E-state index < -0.39 is 0 Å². The number of ether oxygens (including phenoxy) is 1. The smallest absolute Gasteiger partial charge is 0.225 e. The molecule has 1 aromatic heterocycles. The molecule has 2 heterocycles. The molecule has 4 rings (SSSR count). The molecule has 0 spiro atoms. The molecule has 1 amide bonds. The van der Waals surface area contributed by atoms with Crippen molar-refractivity contribution in [3.8, 4) is 17.0 Å². The van der Waals surface area contributed by atoms with E-state index in [1.165, 1.54) is 12.1 Å². The molecule has 0 saturated carbocycles. The zero-order valence-electron chi connectivity index (χ0n) is 17.4. The third-order valence-corrected chi connectivity index (χ3v) is 5.53. The van der Waals surface area contributed by atoms with E-state index in [-0.39, 0.29) is 17.6 Å². The van der Waals surface area contributed by atoms with Crippen LogP contribution in [0.4, 0.5) is 10.2 Å². The van der Waals surface area contributed by atoms with Crippen LogP contribution in [0, 0.1) is 11.7 Å². The third kappa shape index (κ3) is 5.17. The number of nitrogens with one attached hydrogen (secondary N) is 1. The van der Waals surface area contributed by atoms with Crippen LogP contribution in [0.1, 0.15) is 18.4 Å². The van der Waals surface area contributed by atoms with Crippen LogP contribution >= 0.6 is 0 Å². The van der Waals surface area contributed by atoms with Crippen molar-refractivity contribution in [1.82, 2.24) is 15.5 Å². The number of anilines is 1. The van der Waals surface area contributed by atoms with Crippen LogP contribution < -0.4 is 15.0 Å². The Balaban J connectivity index is 1.35. The number of nitrogens with zero attached hydrogens (tertiary/aromatic N) is 3. The van der Waals surface area contributed by atoms with E-state index in [0.717, 1.165) is 42.1 Å². The van der Waals surface area contributed by atoms with Crippen molar-refractivity contribution in [3.63, 3.8) is 0 Å². The molecule has 7 heteroatoms. The molecule has 1 saturated heterocycles. The van der Waals surface area contributed by atoms with Gasteiger partial charge in [0.25, 0.3) is 0 Å². The molecular formula is C24H25FN4O2. The fourth-order valence-corrected chi connectivity index (χ4v) is 3.74. The number of hydrogen-bond acceptors (Lipinski definition) is 5. The first kappa shape index (κ1) is 20.8. The maximum atomic E-state index is 13.1. The number of halogens is 1. The molecular weight excluding hydrogens is 395 g/mol. The van der Waals surface area contributed by atoms with Gasteiger partial charge in [-0.25, -0.2) is 4.39 Å². The molecule has 1 atom stereocenters. The fraction of sp³-hybridized carbons (Fsp3) is 0.292. The molecule has 1 aliphatic rings. The molecule has 1 fully saturated rings. The monoisotopic (exact) mass is 420 g/mol. The molecule has 1 unspecified atom stereocenters. The lowest BCUT2D eigenvalue weighted by Gasteiger charge is -2.32. The van der Waals surface area contributed by atoms with Gasteiger partial charge in [0.15, 0.2) is 5.82 Å².